The van der Waals surface area contributed by atoms with Gasteiger partial charge >= 0.3 is 5.97 Å². The molecule has 0 spiro atoms. The Morgan fingerprint density at radius 2 is 2.16 bits per heavy atom. The highest BCUT2D eigenvalue weighted by molar-refractivity contribution is 5.77. The SMILES string of the molecule is CC(C)(C)c1ccc2oc(C3CC3C(=O)O)nc2c1. The van der Waals surface area contributed by atoms with Gasteiger partial charge in [-0.05, 0) is 29.5 Å². The smallest absolute Gasteiger partial charge is 0.307 e. The van der Waals surface area contributed by atoms with Gasteiger partial charge in [-0.3, -0.25) is 4.79 Å². The van der Waals surface area contributed by atoms with E-state index in [0.717, 1.165) is 11.1 Å². The molecule has 0 amide bonds. The van der Waals surface area contributed by atoms with E-state index in [1.807, 2.05) is 18.2 Å². The Bertz CT molecular complexity index is 651. The predicted molar refractivity (Wildman–Crippen MR) is 71.2 cm³/mol. The summed E-state index contributed by atoms with van der Waals surface area (Å²) < 4.78 is 5.67. The van der Waals surface area contributed by atoms with Gasteiger partial charge in [0, 0.05) is 5.92 Å². The summed E-state index contributed by atoms with van der Waals surface area (Å²) in [4.78, 5) is 15.3. The first-order chi connectivity index (χ1) is 8.86. The van der Waals surface area contributed by atoms with Crippen LogP contribution in [-0.2, 0) is 10.2 Å². The first-order valence-corrected chi connectivity index (χ1v) is 6.50. The van der Waals surface area contributed by atoms with Crippen LogP contribution in [0, 0.1) is 5.92 Å². The van der Waals surface area contributed by atoms with Crippen LogP contribution in [0.3, 0.4) is 0 Å². The molecule has 4 nitrogen and oxygen atoms in total. The molecule has 1 fully saturated rings. The third-order valence-electron chi connectivity index (χ3n) is 3.69. The van der Waals surface area contributed by atoms with Crippen LogP contribution in [-0.4, -0.2) is 16.1 Å². The number of carboxylic acid groups (broad SMARTS) is 1. The summed E-state index contributed by atoms with van der Waals surface area (Å²) in [5, 5.41) is 8.94. The molecule has 0 radical (unpaired) electrons. The van der Waals surface area contributed by atoms with Gasteiger partial charge in [0.25, 0.3) is 0 Å². The zero-order valence-electron chi connectivity index (χ0n) is 11.3. The van der Waals surface area contributed by atoms with Crippen molar-refractivity contribution in [3.05, 3.63) is 29.7 Å². The Hall–Kier alpha value is -1.84. The third kappa shape index (κ3) is 2.11. The molecule has 1 aliphatic carbocycles. The van der Waals surface area contributed by atoms with Crippen molar-refractivity contribution in [1.29, 1.82) is 0 Å². The molecule has 1 saturated carbocycles. The molecule has 1 aromatic carbocycles. The molecule has 1 aliphatic rings. The van der Waals surface area contributed by atoms with Crippen LogP contribution in [0.2, 0.25) is 0 Å². The number of fused-ring (bicyclic) bond motifs is 1. The second-order valence-corrected chi connectivity index (χ2v) is 6.27. The predicted octanol–water partition coefficient (Wildman–Crippen LogP) is 3.31. The van der Waals surface area contributed by atoms with Crippen molar-refractivity contribution in [1.82, 2.24) is 4.98 Å². The number of benzene rings is 1. The van der Waals surface area contributed by atoms with Crippen LogP contribution in [0.1, 0.15) is 44.6 Å². The van der Waals surface area contributed by atoms with Gasteiger partial charge in [0.2, 0.25) is 0 Å². The summed E-state index contributed by atoms with van der Waals surface area (Å²) in [5.74, 6) is -0.575. The Balaban J connectivity index is 1.96. The van der Waals surface area contributed by atoms with Crippen LogP contribution in [0.25, 0.3) is 11.1 Å². The molecular formula is C15H17NO3. The van der Waals surface area contributed by atoms with Gasteiger partial charge in [-0.2, -0.15) is 0 Å². The monoisotopic (exact) mass is 259 g/mol. The van der Waals surface area contributed by atoms with Gasteiger partial charge in [0.15, 0.2) is 11.5 Å². The molecule has 1 N–H and O–H groups in total. The molecule has 2 aromatic rings. The lowest BCUT2D eigenvalue weighted by atomic mass is 9.87. The topological polar surface area (TPSA) is 63.3 Å². The molecule has 19 heavy (non-hydrogen) atoms. The van der Waals surface area contributed by atoms with Crippen molar-refractivity contribution in [2.75, 3.05) is 0 Å². The summed E-state index contributed by atoms with van der Waals surface area (Å²) >= 11 is 0. The summed E-state index contributed by atoms with van der Waals surface area (Å²) in [5.41, 5.74) is 2.82. The molecular weight excluding hydrogens is 242 g/mol. The van der Waals surface area contributed by atoms with E-state index in [4.69, 9.17) is 9.52 Å². The maximum Gasteiger partial charge on any atom is 0.307 e. The molecule has 4 heteroatoms. The standard InChI is InChI=1S/C15H17NO3/c1-15(2,3)8-4-5-12-11(6-8)16-13(19-12)9-7-10(9)14(17)18/h4-6,9-10H,7H2,1-3H3,(H,17,18). The second kappa shape index (κ2) is 3.83. The van der Waals surface area contributed by atoms with Crippen LogP contribution in [0.4, 0.5) is 0 Å². The molecule has 3 rings (SSSR count). The lowest BCUT2D eigenvalue weighted by molar-refractivity contribution is -0.138. The van der Waals surface area contributed by atoms with Gasteiger partial charge in [-0.1, -0.05) is 26.8 Å². The minimum absolute atomic E-state index is 0.0528. The van der Waals surface area contributed by atoms with Gasteiger partial charge in [0.1, 0.15) is 5.52 Å². The number of carbonyl (C=O) groups is 1. The average Bonchev–Trinajstić information content (AvgIpc) is 3.00. The van der Waals surface area contributed by atoms with Crippen LogP contribution < -0.4 is 0 Å². The fourth-order valence-electron chi connectivity index (χ4n) is 2.31. The number of hydrogen-bond donors (Lipinski definition) is 1. The summed E-state index contributed by atoms with van der Waals surface area (Å²) in [6.07, 6.45) is 0.633. The molecule has 100 valence electrons. The molecule has 1 heterocycles. The van der Waals surface area contributed by atoms with E-state index in [1.54, 1.807) is 0 Å². The number of carboxylic acids is 1. The van der Waals surface area contributed by atoms with Gasteiger partial charge < -0.3 is 9.52 Å². The largest absolute Gasteiger partial charge is 0.481 e. The van der Waals surface area contributed by atoms with Crippen LogP contribution in [0.15, 0.2) is 22.6 Å². The van der Waals surface area contributed by atoms with Crippen molar-refractivity contribution in [2.24, 2.45) is 5.92 Å². The Kier molecular flexibility index (Phi) is 2.46. The number of rotatable bonds is 2. The van der Waals surface area contributed by atoms with E-state index >= 15 is 0 Å². The van der Waals surface area contributed by atoms with Crippen molar-refractivity contribution in [3.63, 3.8) is 0 Å². The zero-order valence-corrected chi connectivity index (χ0v) is 11.3. The van der Waals surface area contributed by atoms with Crippen LogP contribution in [0.5, 0.6) is 0 Å². The molecule has 0 aliphatic heterocycles. The normalized spacial score (nSPS) is 22.7. The Morgan fingerprint density at radius 1 is 1.42 bits per heavy atom. The van der Waals surface area contributed by atoms with Crippen molar-refractivity contribution < 1.29 is 14.3 Å². The van der Waals surface area contributed by atoms with Crippen molar-refractivity contribution in [2.45, 2.75) is 38.5 Å². The molecule has 2 atom stereocenters. The number of oxazole rings is 1. The summed E-state index contributed by atoms with van der Waals surface area (Å²) in [6, 6.07) is 5.99. The third-order valence-corrected chi connectivity index (χ3v) is 3.69. The van der Waals surface area contributed by atoms with Gasteiger partial charge in [-0.25, -0.2) is 4.98 Å². The maximum atomic E-state index is 10.9. The second-order valence-electron chi connectivity index (χ2n) is 6.27. The fraction of sp³-hybridized carbons (Fsp3) is 0.467. The number of aliphatic carboxylic acids is 1. The first-order valence-electron chi connectivity index (χ1n) is 6.50. The Labute approximate surface area is 111 Å². The fourth-order valence-corrected chi connectivity index (χ4v) is 2.31. The highest BCUT2D eigenvalue weighted by atomic mass is 16.4. The van der Waals surface area contributed by atoms with E-state index in [0.29, 0.717) is 12.3 Å². The van der Waals surface area contributed by atoms with E-state index in [9.17, 15) is 4.79 Å². The van der Waals surface area contributed by atoms with Crippen molar-refractivity contribution >= 4 is 17.1 Å². The van der Waals surface area contributed by atoms with E-state index < -0.39 is 5.97 Å². The average molecular weight is 259 g/mol. The summed E-state index contributed by atoms with van der Waals surface area (Å²) in [7, 11) is 0. The highest BCUT2D eigenvalue weighted by Gasteiger charge is 2.47. The zero-order chi connectivity index (χ0) is 13.8. The molecule has 2 unspecified atom stereocenters. The molecule has 1 aromatic heterocycles. The minimum Gasteiger partial charge on any atom is -0.481 e. The number of nitrogens with zero attached hydrogens (tertiary/aromatic N) is 1. The van der Waals surface area contributed by atoms with E-state index in [2.05, 4.69) is 25.8 Å². The lowest BCUT2D eigenvalue weighted by Crippen LogP contribution is -2.10. The van der Waals surface area contributed by atoms with Crippen LogP contribution >= 0.6 is 0 Å². The number of hydrogen-bond acceptors (Lipinski definition) is 3. The lowest BCUT2D eigenvalue weighted by Gasteiger charge is -2.18. The molecule has 0 bridgehead atoms. The first kappa shape index (κ1) is 12.2. The van der Waals surface area contributed by atoms with Crippen molar-refractivity contribution in [3.8, 4) is 0 Å². The number of aromatic nitrogens is 1. The van der Waals surface area contributed by atoms with E-state index in [1.165, 1.54) is 5.56 Å². The Morgan fingerprint density at radius 3 is 2.74 bits per heavy atom. The van der Waals surface area contributed by atoms with Gasteiger partial charge in [-0.15, -0.1) is 0 Å². The highest BCUT2D eigenvalue weighted by Crippen LogP contribution is 2.47. The van der Waals surface area contributed by atoms with E-state index in [-0.39, 0.29) is 17.3 Å². The molecule has 0 saturated heterocycles. The quantitative estimate of drug-likeness (QED) is 0.898. The maximum absolute atomic E-state index is 10.9. The minimum atomic E-state index is -0.761. The van der Waals surface area contributed by atoms with Gasteiger partial charge in [0.05, 0.1) is 5.92 Å². The summed E-state index contributed by atoms with van der Waals surface area (Å²) in [6.45, 7) is 6.45.